The van der Waals surface area contributed by atoms with Gasteiger partial charge in [0.1, 0.15) is 5.75 Å². The van der Waals surface area contributed by atoms with Gasteiger partial charge in [-0.25, -0.2) is 18.1 Å². The number of aryl methyl sites for hydroxylation is 2. The quantitative estimate of drug-likeness (QED) is 0.876. The van der Waals surface area contributed by atoms with Gasteiger partial charge in [0, 0.05) is 11.9 Å². The third-order valence-electron chi connectivity index (χ3n) is 2.95. The molecule has 1 aromatic carbocycles. The van der Waals surface area contributed by atoms with Crippen molar-refractivity contribution in [3.05, 3.63) is 41.5 Å². The van der Waals surface area contributed by atoms with E-state index in [1.165, 1.54) is 6.33 Å². The zero-order chi connectivity index (χ0) is 14.8. The monoisotopic (exact) mass is 295 g/mol. The number of aromatic nitrogens is 2. The average Bonchev–Trinajstić information content (AvgIpc) is 2.88. The van der Waals surface area contributed by atoms with Crippen LogP contribution >= 0.6 is 0 Å². The SMILES string of the molecule is COc1cc(C)c(S(=O)(=O)NCc2cnc[nH]2)c(C)c1. The van der Waals surface area contributed by atoms with Gasteiger partial charge in [0.2, 0.25) is 10.0 Å². The lowest BCUT2D eigenvalue weighted by atomic mass is 10.1. The first-order chi connectivity index (χ1) is 9.44. The van der Waals surface area contributed by atoms with Crippen LogP contribution < -0.4 is 9.46 Å². The van der Waals surface area contributed by atoms with Crippen LogP contribution in [0.3, 0.4) is 0 Å². The fourth-order valence-corrected chi connectivity index (χ4v) is 3.53. The lowest BCUT2D eigenvalue weighted by Gasteiger charge is -2.13. The molecule has 20 heavy (non-hydrogen) atoms. The molecule has 6 nitrogen and oxygen atoms in total. The summed E-state index contributed by atoms with van der Waals surface area (Å²) in [5.41, 5.74) is 2.01. The summed E-state index contributed by atoms with van der Waals surface area (Å²) in [6.07, 6.45) is 3.09. The van der Waals surface area contributed by atoms with Gasteiger partial charge >= 0.3 is 0 Å². The van der Waals surface area contributed by atoms with E-state index in [2.05, 4.69) is 14.7 Å². The number of nitrogens with zero attached hydrogens (tertiary/aromatic N) is 1. The Kier molecular flexibility index (Phi) is 4.10. The average molecular weight is 295 g/mol. The van der Waals surface area contributed by atoms with Crippen LogP contribution in [0.4, 0.5) is 0 Å². The maximum atomic E-state index is 12.4. The predicted octanol–water partition coefficient (Wildman–Crippen LogP) is 1.51. The largest absolute Gasteiger partial charge is 0.497 e. The molecule has 2 rings (SSSR count). The normalized spacial score (nSPS) is 11.6. The van der Waals surface area contributed by atoms with Gasteiger partial charge in [0.05, 0.1) is 24.9 Å². The first-order valence-electron chi connectivity index (χ1n) is 6.06. The molecule has 2 N–H and O–H groups in total. The number of H-pyrrole nitrogens is 1. The first-order valence-corrected chi connectivity index (χ1v) is 7.54. The summed E-state index contributed by atoms with van der Waals surface area (Å²) in [4.78, 5) is 6.99. The summed E-state index contributed by atoms with van der Waals surface area (Å²) in [6, 6.07) is 3.41. The molecule has 1 heterocycles. The van der Waals surface area contributed by atoms with Gasteiger partial charge in [-0.2, -0.15) is 0 Å². The molecule has 0 aliphatic heterocycles. The molecule has 0 saturated heterocycles. The molecule has 0 amide bonds. The molecule has 0 radical (unpaired) electrons. The van der Waals surface area contributed by atoms with Crippen molar-refractivity contribution in [3.8, 4) is 5.75 Å². The summed E-state index contributed by atoms with van der Waals surface area (Å²) in [5.74, 6) is 0.646. The summed E-state index contributed by atoms with van der Waals surface area (Å²) in [7, 11) is -2.02. The second-order valence-electron chi connectivity index (χ2n) is 4.49. The molecule has 0 atom stereocenters. The van der Waals surface area contributed by atoms with Crippen LogP contribution in [0.5, 0.6) is 5.75 Å². The van der Waals surface area contributed by atoms with Crippen molar-refractivity contribution in [1.82, 2.24) is 14.7 Å². The van der Waals surface area contributed by atoms with Crippen molar-refractivity contribution < 1.29 is 13.2 Å². The fourth-order valence-electron chi connectivity index (χ4n) is 2.08. The highest BCUT2D eigenvalue weighted by molar-refractivity contribution is 7.89. The Bertz CT molecular complexity index is 671. The lowest BCUT2D eigenvalue weighted by molar-refractivity contribution is 0.413. The van der Waals surface area contributed by atoms with E-state index in [0.717, 1.165) is 0 Å². The van der Waals surface area contributed by atoms with E-state index in [9.17, 15) is 8.42 Å². The number of sulfonamides is 1. The Hall–Kier alpha value is -1.86. The van der Waals surface area contributed by atoms with E-state index in [1.54, 1.807) is 39.3 Å². The molecule has 0 aliphatic rings. The number of methoxy groups -OCH3 is 1. The van der Waals surface area contributed by atoms with Gasteiger partial charge < -0.3 is 9.72 Å². The Balaban J connectivity index is 2.29. The minimum Gasteiger partial charge on any atom is -0.497 e. The number of nitrogens with one attached hydrogen (secondary N) is 2. The fraction of sp³-hybridized carbons (Fsp3) is 0.308. The predicted molar refractivity (Wildman–Crippen MR) is 75.1 cm³/mol. The highest BCUT2D eigenvalue weighted by Crippen LogP contribution is 2.25. The van der Waals surface area contributed by atoms with Crippen LogP contribution in [-0.2, 0) is 16.6 Å². The molecule has 0 saturated carbocycles. The lowest BCUT2D eigenvalue weighted by Crippen LogP contribution is -2.25. The van der Waals surface area contributed by atoms with Crippen LogP contribution in [0, 0.1) is 13.8 Å². The first kappa shape index (κ1) is 14.5. The van der Waals surface area contributed by atoms with Crippen LogP contribution in [0.1, 0.15) is 16.8 Å². The van der Waals surface area contributed by atoms with Crippen LogP contribution in [0.2, 0.25) is 0 Å². The molecule has 108 valence electrons. The number of rotatable bonds is 5. The van der Waals surface area contributed by atoms with E-state index in [1.807, 2.05) is 0 Å². The Morgan fingerprint density at radius 1 is 1.30 bits per heavy atom. The zero-order valence-electron chi connectivity index (χ0n) is 11.6. The highest BCUT2D eigenvalue weighted by Gasteiger charge is 2.20. The van der Waals surface area contributed by atoms with Crippen LogP contribution in [0.25, 0.3) is 0 Å². The van der Waals surface area contributed by atoms with Gasteiger partial charge in [-0.15, -0.1) is 0 Å². The van der Waals surface area contributed by atoms with E-state index in [0.29, 0.717) is 22.6 Å². The van der Waals surface area contributed by atoms with Gasteiger partial charge in [-0.05, 0) is 37.1 Å². The summed E-state index contributed by atoms with van der Waals surface area (Å²) in [6.45, 7) is 3.67. The summed E-state index contributed by atoms with van der Waals surface area (Å²) in [5, 5.41) is 0. The summed E-state index contributed by atoms with van der Waals surface area (Å²) >= 11 is 0. The molecular formula is C13H17N3O3S. The number of benzene rings is 1. The number of hydrogen-bond donors (Lipinski definition) is 2. The second-order valence-corrected chi connectivity index (χ2v) is 6.20. The molecule has 0 fully saturated rings. The topological polar surface area (TPSA) is 84.1 Å². The number of hydrogen-bond acceptors (Lipinski definition) is 4. The van der Waals surface area contributed by atoms with Crippen LogP contribution in [0.15, 0.2) is 29.6 Å². The van der Waals surface area contributed by atoms with Crippen molar-refractivity contribution in [2.75, 3.05) is 7.11 Å². The van der Waals surface area contributed by atoms with Crippen molar-refractivity contribution in [2.24, 2.45) is 0 Å². The van der Waals surface area contributed by atoms with Gasteiger partial charge in [0.15, 0.2) is 0 Å². The third-order valence-corrected chi connectivity index (χ3v) is 4.65. The molecule has 7 heteroatoms. The molecule has 0 spiro atoms. The maximum absolute atomic E-state index is 12.4. The molecule has 0 bridgehead atoms. The van der Waals surface area contributed by atoms with Crippen molar-refractivity contribution in [2.45, 2.75) is 25.3 Å². The Morgan fingerprint density at radius 2 is 1.95 bits per heavy atom. The minimum absolute atomic E-state index is 0.174. The molecule has 0 unspecified atom stereocenters. The van der Waals surface area contributed by atoms with Gasteiger partial charge in [0.25, 0.3) is 0 Å². The summed E-state index contributed by atoms with van der Waals surface area (Å²) < 4.78 is 32.5. The van der Waals surface area contributed by atoms with Gasteiger partial charge in [-0.1, -0.05) is 0 Å². The second kappa shape index (κ2) is 5.64. The Labute approximate surface area is 118 Å². The van der Waals surface area contributed by atoms with Crippen molar-refractivity contribution >= 4 is 10.0 Å². The standard InChI is InChI=1S/C13H17N3O3S/c1-9-4-12(19-3)5-10(2)13(9)20(17,18)16-7-11-6-14-8-15-11/h4-6,8,16H,7H2,1-3H3,(H,14,15). The van der Waals surface area contributed by atoms with Crippen molar-refractivity contribution in [3.63, 3.8) is 0 Å². The third kappa shape index (κ3) is 3.00. The number of imidazole rings is 1. The Morgan fingerprint density at radius 3 is 2.45 bits per heavy atom. The maximum Gasteiger partial charge on any atom is 0.241 e. The number of aromatic amines is 1. The molecular weight excluding hydrogens is 278 g/mol. The van der Waals surface area contributed by atoms with Gasteiger partial charge in [-0.3, -0.25) is 0 Å². The van der Waals surface area contributed by atoms with Crippen LogP contribution in [-0.4, -0.2) is 25.5 Å². The minimum atomic E-state index is -3.58. The van der Waals surface area contributed by atoms with Crippen molar-refractivity contribution in [1.29, 1.82) is 0 Å². The number of ether oxygens (including phenoxy) is 1. The van der Waals surface area contributed by atoms with E-state index in [4.69, 9.17) is 4.74 Å². The van der Waals surface area contributed by atoms with E-state index >= 15 is 0 Å². The van der Waals surface area contributed by atoms with E-state index in [-0.39, 0.29) is 11.4 Å². The zero-order valence-corrected chi connectivity index (χ0v) is 12.4. The molecule has 2 aromatic rings. The smallest absolute Gasteiger partial charge is 0.241 e. The highest BCUT2D eigenvalue weighted by atomic mass is 32.2. The molecule has 0 aliphatic carbocycles. The van der Waals surface area contributed by atoms with E-state index < -0.39 is 10.0 Å². The molecule has 1 aromatic heterocycles.